The monoisotopic (exact) mass is 268 g/mol. The summed E-state index contributed by atoms with van der Waals surface area (Å²) in [5.74, 6) is -0.263. The van der Waals surface area contributed by atoms with Crippen LogP contribution in [-0.2, 0) is 14.3 Å². The second-order valence-electron chi connectivity index (χ2n) is 5.52. The van der Waals surface area contributed by atoms with Crippen molar-refractivity contribution in [3.05, 3.63) is 0 Å². The normalized spacial score (nSPS) is 28.4. The Morgan fingerprint density at radius 1 is 1.26 bits per heavy atom. The number of nitrogens with zero attached hydrogens (tertiary/aromatic N) is 1. The van der Waals surface area contributed by atoms with Crippen LogP contribution in [0.4, 0.5) is 0 Å². The lowest BCUT2D eigenvalue weighted by atomic mass is 9.78. The van der Waals surface area contributed by atoms with Crippen molar-refractivity contribution in [3.8, 4) is 0 Å². The first kappa shape index (κ1) is 14.3. The molecule has 2 rings (SSSR count). The number of rotatable bonds is 3. The van der Waals surface area contributed by atoms with E-state index in [1.54, 1.807) is 6.92 Å². The number of esters is 1. The van der Waals surface area contributed by atoms with Crippen LogP contribution < -0.4 is 5.73 Å². The minimum Gasteiger partial charge on any atom is -0.464 e. The molecule has 108 valence electrons. The van der Waals surface area contributed by atoms with E-state index in [0.717, 1.165) is 19.4 Å². The largest absolute Gasteiger partial charge is 0.464 e. The van der Waals surface area contributed by atoms with Crippen molar-refractivity contribution < 1.29 is 14.3 Å². The molecule has 2 fully saturated rings. The number of carbonyl (C=O) groups excluding carboxylic acids is 2. The average molecular weight is 268 g/mol. The van der Waals surface area contributed by atoms with Crippen molar-refractivity contribution in [2.75, 3.05) is 13.2 Å². The number of piperidine rings is 1. The first-order valence-electron chi connectivity index (χ1n) is 7.37. The van der Waals surface area contributed by atoms with Gasteiger partial charge in [-0.25, -0.2) is 4.79 Å². The predicted octanol–water partition coefficient (Wildman–Crippen LogP) is 1.06. The van der Waals surface area contributed by atoms with Crippen LogP contribution >= 0.6 is 0 Å². The van der Waals surface area contributed by atoms with Gasteiger partial charge in [0.15, 0.2) is 6.04 Å². The fraction of sp³-hybridized carbons (Fsp3) is 0.857. The van der Waals surface area contributed by atoms with Gasteiger partial charge in [-0.2, -0.15) is 0 Å². The van der Waals surface area contributed by atoms with Gasteiger partial charge in [0, 0.05) is 12.6 Å². The lowest BCUT2D eigenvalue weighted by molar-refractivity contribution is -0.153. The van der Waals surface area contributed by atoms with Gasteiger partial charge in [-0.05, 0) is 38.5 Å². The first-order chi connectivity index (χ1) is 9.15. The standard InChI is InChI=1S/C14H24N2O3/c1-2-19-14(18)12(15)13(17)16-9-5-7-10-6-3-4-8-11(10)16/h10-12H,2-9,15H2,1H3/t10-,11-,12?/m1/s1. The fourth-order valence-electron chi connectivity index (χ4n) is 3.41. The van der Waals surface area contributed by atoms with Crippen LogP contribution in [0.1, 0.15) is 45.4 Å². The number of hydrogen-bond donors (Lipinski definition) is 1. The van der Waals surface area contributed by atoms with Crippen LogP contribution in [-0.4, -0.2) is 42.0 Å². The van der Waals surface area contributed by atoms with E-state index in [2.05, 4.69) is 0 Å². The molecular weight excluding hydrogens is 244 g/mol. The third kappa shape index (κ3) is 3.08. The molecule has 1 unspecified atom stereocenters. The van der Waals surface area contributed by atoms with Crippen molar-refractivity contribution in [1.29, 1.82) is 0 Å². The van der Waals surface area contributed by atoms with E-state index in [1.807, 2.05) is 4.90 Å². The van der Waals surface area contributed by atoms with Crippen LogP contribution in [0.5, 0.6) is 0 Å². The maximum Gasteiger partial charge on any atom is 0.332 e. The third-order valence-corrected chi connectivity index (χ3v) is 4.33. The molecule has 1 saturated carbocycles. The van der Waals surface area contributed by atoms with Crippen LogP contribution in [0.2, 0.25) is 0 Å². The highest BCUT2D eigenvalue weighted by Crippen LogP contribution is 2.35. The topological polar surface area (TPSA) is 72.6 Å². The Balaban J connectivity index is 2.02. The fourth-order valence-corrected chi connectivity index (χ4v) is 3.41. The molecular formula is C14H24N2O3. The summed E-state index contributed by atoms with van der Waals surface area (Å²) < 4.78 is 4.84. The number of hydrogen-bond acceptors (Lipinski definition) is 4. The molecule has 0 aromatic carbocycles. The molecule has 3 atom stereocenters. The Morgan fingerprint density at radius 3 is 2.68 bits per heavy atom. The third-order valence-electron chi connectivity index (χ3n) is 4.33. The van der Waals surface area contributed by atoms with Gasteiger partial charge in [-0.3, -0.25) is 4.79 Å². The van der Waals surface area contributed by atoms with Gasteiger partial charge in [0.05, 0.1) is 6.61 Å². The van der Waals surface area contributed by atoms with E-state index >= 15 is 0 Å². The Morgan fingerprint density at radius 2 is 1.95 bits per heavy atom. The van der Waals surface area contributed by atoms with E-state index in [9.17, 15) is 9.59 Å². The van der Waals surface area contributed by atoms with Crippen molar-refractivity contribution in [3.63, 3.8) is 0 Å². The van der Waals surface area contributed by atoms with Gasteiger partial charge in [0.25, 0.3) is 5.91 Å². The van der Waals surface area contributed by atoms with Crippen molar-refractivity contribution in [1.82, 2.24) is 4.90 Å². The Kier molecular flexibility index (Phi) is 4.80. The number of nitrogens with two attached hydrogens (primary N) is 1. The SMILES string of the molecule is CCOC(=O)C(N)C(=O)N1CCC[C@H]2CCCC[C@H]21. The maximum absolute atomic E-state index is 12.4. The predicted molar refractivity (Wildman–Crippen MR) is 71.3 cm³/mol. The zero-order valence-corrected chi connectivity index (χ0v) is 11.6. The highest BCUT2D eigenvalue weighted by molar-refractivity contribution is 6.01. The number of carbonyl (C=O) groups is 2. The summed E-state index contributed by atoms with van der Waals surface area (Å²) in [7, 11) is 0. The molecule has 1 saturated heterocycles. The molecule has 1 heterocycles. The quantitative estimate of drug-likeness (QED) is 0.613. The molecule has 1 aliphatic heterocycles. The molecule has 0 bridgehead atoms. The average Bonchev–Trinajstić information content (AvgIpc) is 2.45. The lowest BCUT2D eigenvalue weighted by Gasteiger charge is -2.44. The van der Waals surface area contributed by atoms with Crippen LogP contribution in [0.3, 0.4) is 0 Å². The van der Waals surface area contributed by atoms with Crippen molar-refractivity contribution in [2.45, 2.75) is 57.5 Å². The van der Waals surface area contributed by atoms with E-state index in [0.29, 0.717) is 5.92 Å². The van der Waals surface area contributed by atoms with Gasteiger partial charge in [0.1, 0.15) is 0 Å². The number of likely N-dealkylation sites (tertiary alicyclic amines) is 1. The minimum atomic E-state index is -1.15. The number of fused-ring (bicyclic) bond motifs is 1. The summed E-state index contributed by atoms with van der Waals surface area (Å²) in [4.78, 5) is 25.8. The van der Waals surface area contributed by atoms with Gasteiger partial charge < -0.3 is 15.4 Å². The van der Waals surface area contributed by atoms with E-state index < -0.39 is 12.0 Å². The van der Waals surface area contributed by atoms with Crippen LogP contribution in [0.15, 0.2) is 0 Å². The summed E-state index contributed by atoms with van der Waals surface area (Å²) in [5.41, 5.74) is 5.73. The Bertz CT molecular complexity index is 344. The molecule has 0 spiro atoms. The highest BCUT2D eigenvalue weighted by Gasteiger charge is 2.39. The van der Waals surface area contributed by atoms with Crippen molar-refractivity contribution in [2.24, 2.45) is 11.7 Å². The summed E-state index contributed by atoms with van der Waals surface area (Å²) in [5, 5.41) is 0. The molecule has 0 aromatic rings. The molecule has 1 aliphatic carbocycles. The zero-order chi connectivity index (χ0) is 13.8. The lowest BCUT2D eigenvalue weighted by Crippen LogP contribution is -2.56. The molecule has 0 radical (unpaired) electrons. The van der Waals surface area contributed by atoms with Crippen molar-refractivity contribution >= 4 is 11.9 Å². The second kappa shape index (κ2) is 6.37. The molecule has 2 N–H and O–H groups in total. The van der Waals surface area contributed by atoms with Gasteiger partial charge in [0.2, 0.25) is 0 Å². The molecule has 0 aromatic heterocycles. The van der Waals surface area contributed by atoms with Crippen LogP contribution in [0.25, 0.3) is 0 Å². The highest BCUT2D eigenvalue weighted by atomic mass is 16.5. The minimum absolute atomic E-state index is 0.255. The zero-order valence-electron chi connectivity index (χ0n) is 11.6. The van der Waals surface area contributed by atoms with E-state index in [1.165, 1.54) is 25.7 Å². The second-order valence-corrected chi connectivity index (χ2v) is 5.52. The summed E-state index contributed by atoms with van der Waals surface area (Å²) in [6.07, 6.45) is 6.88. The summed E-state index contributed by atoms with van der Waals surface area (Å²) >= 11 is 0. The molecule has 19 heavy (non-hydrogen) atoms. The maximum atomic E-state index is 12.4. The number of ether oxygens (including phenoxy) is 1. The summed E-state index contributed by atoms with van der Waals surface area (Å²) in [6, 6.07) is -0.865. The first-order valence-corrected chi connectivity index (χ1v) is 7.37. The molecule has 5 heteroatoms. The molecule has 2 aliphatic rings. The Labute approximate surface area is 114 Å². The summed E-state index contributed by atoms with van der Waals surface area (Å²) in [6.45, 7) is 2.70. The van der Waals surface area contributed by atoms with Gasteiger partial charge in [-0.15, -0.1) is 0 Å². The van der Waals surface area contributed by atoms with E-state index in [-0.39, 0.29) is 18.6 Å². The number of amides is 1. The molecule has 1 amide bonds. The van der Waals surface area contributed by atoms with Gasteiger partial charge in [-0.1, -0.05) is 12.8 Å². The molecule has 5 nitrogen and oxygen atoms in total. The Hall–Kier alpha value is -1.10. The smallest absolute Gasteiger partial charge is 0.332 e. The van der Waals surface area contributed by atoms with Crippen LogP contribution in [0, 0.1) is 5.92 Å². The van der Waals surface area contributed by atoms with E-state index in [4.69, 9.17) is 10.5 Å². The van der Waals surface area contributed by atoms with Gasteiger partial charge >= 0.3 is 5.97 Å².